The molecule has 1 rings (SSSR count). The minimum Gasteiger partial charge on any atom is -0.496 e. The molecule has 0 saturated heterocycles. The van der Waals surface area contributed by atoms with E-state index in [0.717, 1.165) is 6.92 Å². The number of halogens is 3. The lowest BCUT2D eigenvalue weighted by Crippen LogP contribution is -2.41. The summed E-state index contributed by atoms with van der Waals surface area (Å²) < 4.78 is 44.8. The molecule has 0 bridgehead atoms. The molecule has 0 spiro atoms. The molecule has 0 aliphatic rings. The van der Waals surface area contributed by atoms with Gasteiger partial charge in [-0.3, -0.25) is 0 Å². The van der Waals surface area contributed by atoms with Crippen LogP contribution >= 0.6 is 0 Å². The van der Waals surface area contributed by atoms with Crippen LogP contribution in [0, 0.1) is 20.8 Å². The average Bonchev–Trinajstić information content (AvgIpc) is 2.31. The predicted molar refractivity (Wildman–Crippen MR) is 72.2 cm³/mol. The maximum absolute atomic E-state index is 13.1. The van der Waals surface area contributed by atoms with Crippen molar-refractivity contribution in [2.24, 2.45) is 0 Å². The molecule has 0 fully saturated rings. The van der Waals surface area contributed by atoms with Crippen molar-refractivity contribution >= 4 is 0 Å². The molecule has 114 valence electrons. The van der Waals surface area contributed by atoms with Gasteiger partial charge in [0.1, 0.15) is 5.75 Å². The number of alkyl halides is 3. The molecule has 0 aromatic heterocycles. The van der Waals surface area contributed by atoms with Crippen LogP contribution in [0.25, 0.3) is 0 Å². The number of ether oxygens (including phenoxy) is 1. The highest BCUT2D eigenvalue weighted by molar-refractivity contribution is 5.56. The van der Waals surface area contributed by atoms with Crippen molar-refractivity contribution in [3.8, 4) is 5.75 Å². The van der Waals surface area contributed by atoms with Gasteiger partial charge in [-0.2, -0.15) is 13.2 Å². The third-order valence-electron chi connectivity index (χ3n) is 3.98. The molecule has 20 heavy (non-hydrogen) atoms. The lowest BCUT2D eigenvalue weighted by Gasteiger charge is -2.32. The van der Waals surface area contributed by atoms with E-state index < -0.39 is 11.8 Å². The van der Waals surface area contributed by atoms with Crippen molar-refractivity contribution in [2.45, 2.75) is 52.8 Å². The lowest BCUT2D eigenvalue weighted by atomic mass is 9.82. The van der Waals surface area contributed by atoms with E-state index in [0.29, 0.717) is 34.4 Å². The summed E-state index contributed by atoms with van der Waals surface area (Å²) in [6.45, 7) is 7.55. The lowest BCUT2D eigenvalue weighted by molar-refractivity contribution is -0.259. The number of hydrogen-bond donors (Lipinski definition) is 1. The average molecular weight is 290 g/mol. The van der Waals surface area contributed by atoms with Crippen molar-refractivity contribution in [3.63, 3.8) is 0 Å². The van der Waals surface area contributed by atoms with Crippen molar-refractivity contribution in [1.29, 1.82) is 0 Å². The molecule has 0 aliphatic carbocycles. The Morgan fingerprint density at radius 1 is 1.05 bits per heavy atom. The molecular weight excluding hydrogens is 269 g/mol. The quantitative estimate of drug-likeness (QED) is 0.913. The fourth-order valence-corrected chi connectivity index (χ4v) is 2.76. The zero-order valence-electron chi connectivity index (χ0n) is 12.7. The van der Waals surface area contributed by atoms with Gasteiger partial charge in [0.2, 0.25) is 0 Å². The van der Waals surface area contributed by atoms with Gasteiger partial charge >= 0.3 is 6.18 Å². The van der Waals surface area contributed by atoms with E-state index in [-0.39, 0.29) is 5.56 Å². The van der Waals surface area contributed by atoms with Crippen LogP contribution in [0.1, 0.15) is 41.7 Å². The standard InChI is InChI=1S/C15H21F3O2/c1-7-11-10(4)12(14(5,19)15(16,17)18)8(2)9(3)13(11)20-6/h19H,7H2,1-6H3. The van der Waals surface area contributed by atoms with Crippen molar-refractivity contribution < 1.29 is 23.0 Å². The molecule has 2 nitrogen and oxygen atoms in total. The summed E-state index contributed by atoms with van der Waals surface area (Å²) in [5.41, 5.74) is -0.749. The number of benzene rings is 1. The minimum atomic E-state index is -4.73. The Bertz CT molecular complexity index is 517. The molecular formula is C15H21F3O2. The van der Waals surface area contributed by atoms with Crippen molar-refractivity contribution in [2.75, 3.05) is 7.11 Å². The largest absolute Gasteiger partial charge is 0.496 e. The van der Waals surface area contributed by atoms with Gasteiger partial charge in [-0.05, 0) is 61.9 Å². The molecule has 0 amide bonds. The highest BCUT2D eigenvalue weighted by atomic mass is 19.4. The third-order valence-corrected chi connectivity index (χ3v) is 3.98. The van der Waals surface area contributed by atoms with Gasteiger partial charge in [0.05, 0.1) is 7.11 Å². The zero-order valence-corrected chi connectivity index (χ0v) is 12.7. The topological polar surface area (TPSA) is 29.5 Å². The number of hydrogen-bond acceptors (Lipinski definition) is 2. The summed E-state index contributed by atoms with van der Waals surface area (Å²) in [5.74, 6) is 0.601. The second kappa shape index (κ2) is 5.28. The van der Waals surface area contributed by atoms with E-state index in [2.05, 4.69) is 0 Å². The normalized spacial score (nSPS) is 15.1. The molecule has 1 aromatic carbocycles. The molecule has 0 saturated carbocycles. The number of aliphatic hydroxyl groups is 1. The van der Waals surface area contributed by atoms with E-state index in [9.17, 15) is 18.3 Å². The first-order valence-electron chi connectivity index (χ1n) is 6.46. The smallest absolute Gasteiger partial charge is 0.421 e. The fraction of sp³-hybridized carbons (Fsp3) is 0.600. The van der Waals surface area contributed by atoms with Gasteiger partial charge in [0, 0.05) is 0 Å². The molecule has 0 heterocycles. The molecule has 0 radical (unpaired) electrons. The SMILES string of the molecule is CCc1c(C)c(C(C)(O)C(F)(F)F)c(C)c(C)c1OC. The minimum absolute atomic E-state index is 0.0693. The van der Waals surface area contributed by atoms with Gasteiger partial charge in [-0.15, -0.1) is 0 Å². The fourth-order valence-electron chi connectivity index (χ4n) is 2.76. The number of methoxy groups -OCH3 is 1. The van der Waals surface area contributed by atoms with Gasteiger partial charge < -0.3 is 9.84 Å². The Balaban J connectivity index is 3.79. The van der Waals surface area contributed by atoms with Crippen molar-refractivity contribution in [3.05, 3.63) is 27.8 Å². The molecule has 1 atom stereocenters. The van der Waals surface area contributed by atoms with Crippen LogP contribution in [-0.4, -0.2) is 18.4 Å². The van der Waals surface area contributed by atoms with Gasteiger partial charge in [-0.1, -0.05) is 6.92 Å². The Hall–Kier alpha value is -1.23. The summed E-state index contributed by atoms with van der Waals surface area (Å²) in [4.78, 5) is 0. The molecule has 1 aromatic rings. The summed E-state index contributed by atoms with van der Waals surface area (Å²) >= 11 is 0. The van der Waals surface area contributed by atoms with E-state index in [1.807, 2.05) is 6.92 Å². The maximum Gasteiger partial charge on any atom is 0.421 e. The first-order chi connectivity index (χ1) is 9.00. The first kappa shape index (κ1) is 16.8. The third kappa shape index (κ3) is 2.39. The number of rotatable bonds is 3. The van der Waals surface area contributed by atoms with Crippen LogP contribution in [0.4, 0.5) is 13.2 Å². The van der Waals surface area contributed by atoms with Crippen LogP contribution in [0.5, 0.6) is 5.75 Å². The van der Waals surface area contributed by atoms with Crippen LogP contribution in [0.3, 0.4) is 0 Å². The summed E-state index contributed by atoms with van der Waals surface area (Å²) in [6, 6.07) is 0. The summed E-state index contributed by atoms with van der Waals surface area (Å²) in [5, 5.41) is 10.0. The van der Waals surface area contributed by atoms with E-state index in [4.69, 9.17) is 4.74 Å². The monoisotopic (exact) mass is 290 g/mol. The van der Waals surface area contributed by atoms with Crippen LogP contribution < -0.4 is 4.74 Å². The highest BCUT2D eigenvalue weighted by Gasteiger charge is 2.53. The second-order valence-corrected chi connectivity index (χ2v) is 5.19. The zero-order chi connectivity index (χ0) is 15.9. The Morgan fingerprint density at radius 3 is 1.90 bits per heavy atom. The second-order valence-electron chi connectivity index (χ2n) is 5.19. The van der Waals surface area contributed by atoms with Gasteiger partial charge in [-0.25, -0.2) is 0 Å². The van der Waals surface area contributed by atoms with Crippen molar-refractivity contribution in [1.82, 2.24) is 0 Å². The van der Waals surface area contributed by atoms with Crippen LogP contribution in [0.2, 0.25) is 0 Å². The Labute approximate surface area is 117 Å². The summed E-state index contributed by atoms with van der Waals surface area (Å²) in [7, 11) is 1.50. The van der Waals surface area contributed by atoms with Gasteiger partial charge in [0.25, 0.3) is 0 Å². The van der Waals surface area contributed by atoms with E-state index in [1.165, 1.54) is 7.11 Å². The first-order valence-corrected chi connectivity index (χ1v) is 6.46. The molecule has 1 N–H and O–H groups in total. The molecule has 0 aliphatic heterocycles. The van der Waals surface area contributed by atoms with Crippen LogP contribution in [0.15, 0.2) is 0 Å². The Kier molecular flexibility index (Phi) is 4.44. The predicted octanol–water partition coefficient (Wildman–Crippen LogP) is 3.95. The van der Waals surface area contributed by atoms with Gasteiger partial charge in [0.15, 0.2) is 5.60 Å². The summed E-state index contributed by atoms with van der Waals surface area (Å²) in [6.07, 6.45) is -4.19. The van der Waals surface area contributed by atoms with Crippen LogP contribution in [-0.2, 0) is 12.0 Å². The maximum atomic E-state index is 13.1. The highest BCUT2D eigenvalue weighted by Crippen LogP contribution is 2.45. The molecule has 5 heteroatoms. The Morgan fingerprint density at radius 2 is 1.55 bits per heavy atom. The van der Waals surface area contributed by atoms with E-state index >= 15 is 0 Å². The van der Waals surface area contributed by atoms with E-state index in [1.54, 1.807) is 20.8 Å². The molecule has 1 unspecified atom stereocenters.